The fraction of sp³-hybridized carbons (Fsp3) is 0.333. The van der Waals surface area contributed by atoms with Gasteiger partial charge in [0, 0.05) is 31.3 Å². The van der Waals surface area contributed by atoms with Gasteiger partial charge in [0.25, 0.3) is 0 Å². The largest absolute Gasteiger partial charge is 0.396 e. The van der Waals surface area contributed by atoms with Crippen molar-refractivity contribution in [1.82, 2.24) is 9.97 Å². The summed E-state index contributed by atoms with van der Waals surface area (Å²) in [5, 5.41) is 9.00. The molecule has 0 unspecified atom stereocenters. The first-order chi connectivity index (χ1) is 10.3. The van der Waals surface area contributed by atoms with Gasteiger partial charge in [-0.3, -0.25) is 0 Å². The van der Waals surface area contributed by atoms with Gasteiger partial charge in [-0.15, -0.1) is 0 Å². The fourth-order valence-electron chi connectivity index (χ4n) is 2.08. The summed E-state index contributed by atoms with van der Waals surface area (Å²) in [4.78, 5) is 11.1. The number of hydrazine groups is 1. The summed E-state index contributed by atoms with van der Waals surface area (Å²) in [7, 11) is 0. The molecule has 1 heterocycles. The Bertz CT molecular complexity index is 561. The average Bonchev–Trinajstić information content (AvgIpc) is 2.56. The van der Waals surface area contributed by atoms with E-state index in [0.717, 1.165) is 24.5 Å². The Balaban J connectivity index is 2.37. The minimum atomic E-state index is 0.162. The summed E-state index contributed by atoms with van der Waals surface area (Å²) in [6, 6.07) is 11.6. The van der Waals surface area contributed by atoms with Crippen molar-refractivity contribution in [3.8, 4) is 11.4 Å². The van der Waals surface area contributed by atoms with E-state index in [2.05, 4.69) is 27.2 Å². The Morgan fingerprint density at radius 1 is 1.24 bits per heavy atom. The molecule has 1 aromatic heterocycles. The fourth-order valence-corrected chi connectivity index (χ4v) is 2.08. The number of aliphatic hydroxyl groups excluding tert-OH is 1. The predicted octanol–water partition coefficient (Wildman–Crippen LogP) is 1.64. The third kappa shape index (κ3) is 3.90. The van der Waals surface area contributed by atoms with E-state index in [1.54, 1.807) is 0 Å². The number of nitrogens with two attached hydrogens (primary N) is 1. The van der Waals surface area contributed by atoms with Gasteiger partial charge in [-0.2, -0.15) is 0 Å². The number of aromatic nitrogens is 2. The maximum Gasteiger partial charge on any atom is 0.163 e. The van der Waals surface area contributed by atoms with Gasteiger partial charge in [0.15, 0.2) is 5.82 Å². The molecule has 0 atom stereocenters. The van der Waals surface area contributed by atoms with Crippen molar-refractivity contribution >= 4 is 11.6 Å². The minimum absolute atomic E-state index is 0.162. The Morgan fingerprint density at radius 3 is 2.62 bits per heavy atom. The predicted molar refractivity (Wildman–Crippen MR) is 84.9 cm³/mol. The molecule has 6 nitrogen and oxygen atoms in total. The van der Waals surface area contributed by atoms with E-state index in [1.165, 1.54) is 0 Å². The zero-order valence-electron chi connectivity index (χ0n) is 12.2. The zero-order valence-corrected chi connectivity index (χ0v) is 12.2. The lowest BCUT2D eigenvalue weighted by Gasteiger charge is -2.22. The molecule has 0 aliphatic rings. The van der Waals surface area contributed by atoms with Gasteiger partial charge in [0.1, 0.15) is 11.6 Å². The van der Waals surface area contributed by atoms with Crippen LogP contribution in [0.2, 0.25) is 0 Å². The molecule has 0 bridgehead atoms. The molecule has 6 heteroatoms. The normalized spacial score (nSPS) is 10.4. The number of anilines is 2. The van der Waals surface area contributed by atoms with Crippen LogP contribution < -0.4 is 16.2 Å². The smallest absolute Gasteiger partial charge is 0.163 e. The molecule has 4 N–H and O–H groups in total. The lowest BCUT2D eigenvalue weighted by atomic mass is 10.2. The molecule has 2 aromatic rings. The van der Waals surface area contributed by atoms with Crippen molar-refractivity contribution in [2.24, 2.45) is 5.84 Å². The number of rotatable bonds is 7. The van der Waals surface area contributed by atoms with E-state index in [-0.39, 0.29) is 6.61 Å². The molecule has 0 aliphatic carbocycles. The van der Waals surface area contributed by atoms with Crippen LogP contribution in [-0.4, -0.2) is 34.8 Å². The first kappa shape index (κ1) is 15.2. The number of hydrogen-bond donors (Lipinski definition) is 3. The molecule has 2 rings (SSSR count). The first-order valence-corrected chi connectivity index (χ1v) is 7.05. The van der Waals surface area contributed by atoms with Crippen LogP contribution in [0.1, 0.15) is 13.3 Å². The summed E-state index contributed by atoms with van der Waals surface area (Å²) in [6.45, 7) is 3.75. The second kappa shape index (κ2) is 7.56. The highest BCUT2D eigenvalue weighted by atomic mass is 16.3. The van der Waals surface area contributed by atoms with Gasteiger partial charge in [-0.25, -0.2) is 15.8 Å². The molecule has 0 radical (unpaired) electrons. The third-order valence-electron chi connectivity index (χ3n) is 3.18. The topological polar surface area (TPSA) is 87.3 Å². The van der Waals surface area contributed by atoms with Crippen LogP contribution in [0.5, 0.6) is 0 Å². The molecule has 0 saturated carbocycles. The van der Waals surface area contributed by atoms with Crippen molar-refractivity contribution in [2.75, 3.05) is 30.0 Å². The van der Waals surface area contributed by atoms with Gasteiger partial charge >= 0.3 is 0 Å². The second-order valence-corrected chi connectivity index (χ2v) is 4.60. The molecule has 0 amide bonds. The zero-order chi connectivity index (χ0) is 15.1. The van der Waals surface area contributed by atoms with Crippen LogP contribution in [0.4, 0.5) is 11.6 Å². The van der Waals surface area contributed by atoms with Crippen LogP contribution in [0.3, 0.4) is 0 Å². The maximum atomic E-state index is 9.00. The Kier molecular flexibility index (Phi) is 5.48. The van der Waals surface area contributed by atoms with E-state index in [4.69, 9.17) is 10.9 Å². The van der Waals surface area contributed by atoms with Gasteiger partial charge in [-0.1, -0.05) is 30.3 Å². The van der Waals surface area contributed by atoms with E-state index in [1.807, 2.05) is 36.4 Å². The molecule has 112 valence electrons. The second-order valence-electron chi connectivity index (χ2n) is 4.60. The quantitative estimate of drug-likeness (QED) is 0.530. The molecule has 0 aliphatic heterocycles. The number of benzene rings is 1. The molecular weight excluding hydrogens is 266 g/mol. The van der Waals surface area contributed by atoms with Crippen LogP contribution in [0.25, 0.3) is 11.4 Å². The number of nitrogens with zero attached hydrogens (tertiary/aromatic N) is 3. The highest BCUT2D eigenvalue weighted by Crippen LogP contribution is 2.22. The maximum absolute atomic E-state index is 9.00. The summed E-state index contributed by atoms with van der Waals surface area (Å²) >= 11 is 0. The van der Waals surface area contributed by atoms with E-state index < -0.39 is 0 Å². The van der Waals surface area contributed by atoms with Crippen molar-refractivity contribution in [2.45, 2.75) is 13.3 Å². The van der Waals surface area contributed by atoms with Crippen molar-refractivity contribution in [1.29, 1.82) is 0 Å². The number of nitrogen functional groups attached to an aromatic ring is 1. The van der Waals surface area contributed by atoms with Crippen molar-refractivity contribution in [3.63, 3.8) is 0 Å². The lowest BCUT2D eigenvalue weighted by molar-refractivity contribution is 0.289. The summed E-state index contributed by atoms with van der Waals surface area (Å²) in [5.41, 5.74) is 3.52. The first-order valence-electron chi connectivity index (χ1n) is 7.05. The van der Waals surface area contributed by atoms with E-state index >= 15 is 0 Å². The average molecular weight is 287 g/mol. The molecule has 0 fully saturated rings. The minimum Gasteiger partial charge on any atom is -0.396 e. The van der Waals surface area contributed by atoms with Gasteiger partial charge in [0.2, 0.25) is 0 Å². The summed E-state index contributed by atoms with van der Waals surface area (Å²) < 4.78 is 0. The Hall–Kier alpha value is -2.18. The van der Waals surface area contributed by atoms with Crippen LogP contribution >= 0.6 is 0 Å². The molecule has 0 spiro atoms. The van der Waals surface area contributed by atoms with Crippen LogP contribution in [0, 0.1) is 0 Å². The van der Waals surface area contributed by atoms with E-state index in [0.29, 0.717) is 18.1 Å². The molecule has 0 saturated heterocycles. The van der Waals surface area contributed by atoms with Crippen LogP contribution in [-0.2, 0) is 0 Å². The molecule has 21 heavy (non-hydrogen) atoms. The Morgan fingerprint density at radius 2 is 2.00 bits per heavy atom. The van der Waals surface area contributed by atoms with Gasteiger partial charge in [-0.05, 0) is 13.3 Å². The number of aliphatic hydroxyl groups is 1. The lowest BCUT2D eigenvalue weighted by Crippen LogP contribution is -2.26. The van der Waals surface area contributed by atoms with E-state index in [9.17, 15) is 0 Å². The molecule has 1 aromatic carbocycles. The monoisotopic (exact) mass is 287 g/mol. The van der Waals surface area contributed by atoms with Gasteiger partial charge in [0.05, 0.1) is 0 Å². The summed E-state index contributed by atoms with van der Waals surface area (Å²) in [6.07, 6.45) is 0.698. The number of nitrogens with one attached hydrogen (secondary N) is 1. The highest BCUT2D eigenvalue weighted by molar-refractivity contribution is 5.61. The van der Waals surface area contributed by atoms with Crippen molar-refractivity contribution < 1.29 is 5.11 Å². The summed E-state index contributed by atoms with van der Waals surface area (Å²) in [5.74, 6) is 7.51. The number of hydrogen-bond acceptors (Lipinski definition) is 6. The SMILES string of the molecule is CCN(CCCO)c1cc(NN)nc(-c2ccccc2)n1. The van der Waals surface area contributed by atoms with Crippen molar-refractivity contribution in [3.05, 3.63) is 36.4 Å². The third-order valence-corrected chi connectivity index (χ3v) is 3.18. The Labute approximate surface area is 124 Å². The molecular formula is C15H21N5O. The highest BCUT2D eigenvalue weighted by Gasteiger charge is 2.11. The standard InChI is InChI=1S/C15H21N5O/c1-2-20(9-6-10-21)14-11-13(19-16)17-15(18-14)12-7-4-3-5-8-12/h3-5,7-8,11,21H,2,6,9-10,16H2,1H3,(H,17,18,19). The van der Waals surface area contributed by atoms with Crippen LogP contribution in [0.15, 0.2) is 36.4 Å². The van der Waals surface area contributed by atoms with Gasteiger partial charge < -0.3 is 15.4 Å².